The Kier molecular flexibility index (Phi) is 6.65. The van der Waals surface area contributed by atoms with Gasteiger partial charge < -0.3 is 15.1 Å². The van der Waals surface area contributed by atoms with Crippen molar-refractivity contribution in [2.75, 3.05) is 33.7 Å². The van der Waals surface area contributed by atoms with Crippen molar-refractivity contribution < 1.29 is 4.79 Å². The smallest absolute Gasteiger partial charge is 0.239 e. The topological polar surface area (TPSA) is 35.6 Å². The van der Waals surface area contributed by atoms with Gasteiger partial charge in [0.25, 0.3) is 0 Å². The van der Waals surface area contributed by atoms with Gasteiger partial charge in [0, 0.05) is 19.6 Å². The van der Waals surface area contributed by atoms with Crippen LogP contribution in [0.1, 0.15) is 39.5 Å². The summed E-state index contributed by atoms with van der Waals surface area (Å²) in [6, 6.07) is 0.626. The molecule has 1 aliphatic heterocycles. The van der Waals surface area contributed by atoms with Crippen LogP contribution < -0.4 is 5.32 Å². The fourth-order valence-corrected chi connectivity index (χ4v) is 2.55. The average molecular weight is 255 g/mol. The first-order valence-electron chi connectivity index (χ1n) is 7.24. The van der Waals surface area contributed by atoms with Crippen molar-refractivity contribution in [2.24, 2.45) is 0 Å². The third-order valence-electron chi connectivity index (χ3n) is 4.07. The average Bonchev–Trinajstić information content (AvgIpc) is 2.39. The highest BCUT2D eigenvalue weighted by Crippen LogP contribution is 2.17. The van der Waals surface area contributed by atoms with Crippen molar-refractivity contribution in [2.45, 2.75) is 51.6 Å². The molecule has 1 heterocycles. The number of carbonyl (C=O) groups excluding carboxylic acids is 1. The maximum absolute atomic E-state index is 11.9. The Balaban J connectivity index is 2.22. The highest BCUT2D eigenvalue weighted by Gasteiger charge is 2.20. The van der Waals surface area contributed by atoms with Crippen LogP contribution in [0.5, 0.6) is 0 Å². The number of hydrogen-bond acceptors (Lipinski definition) is 3. The van der Waals surface area contributed by atoms with Gasteiger partial charge in [-0.2, -0.15) is 0 Å². The third-order valence-corrected chi connectivity index (χ3v) is 4.07. The van der Waals surface area contributed by atoms with E-state index >= 15 is 0 Å². The van der Waals surface area contributed by atoms with E-state index in [1.807, 2.05) is 20.9 Å². The van der Waals surface area contributed by atoms with Crippen LogP contribution in [-0.2, 0) is 4.79 Å². The summed E-state index contributed by atoms with van der Waals surface area (Å²) in [5, 5.41) is 3.35. The van der Waals surface area contributed by atoms with Gasteiger partial charge >= 0.3 is 0 Å². The zero-order chi connectivity index (χ0) is 13.5. The predicted molar refractivity (Wildman–Crippen MR) is 75.7 cm³/mol. The SMILES string of the molecule is CCN(C)C(=O)C(C)NCCC1CCCCN1C. The molecule has 0 radical (unpaired) electrons. The number of likely N-dealkylation sites (tertiary alicyclic amines) is 1. The zero-order valence-electron chi connectivity index (χ0n) is 12.4. The van der Waals surface area contributed by atoms with Gasteiger partial charge in [0.05, 0.1) is 6.04 Å². The molecule has 1 aliphatic rings. The number of nitrogens with zero attached hydrogens (tertiary/aromatic N) is 2. The van der Waals surface area contributed by atoms with E-state index in [-0.39, 0.29) is 11.9 Å². The maximum atomic E-state index is 11.9. The van der Waals surface area contributed by atoms with Gasteiger partial charge in [0.1, 0.15) is 0 Å². The summed E-state index contributed by atoms with van der Waals surface area (Å²) in [5.74, 6) is 0.189. The first kappa shape index (κ1) is 15.4. The Morgan fingerprint density at radius 3 is 2.83 bits per heavy atom. The van der Waals surface area contributed by atoms with Crippen LogP contribution in [0.2, 0.25) is 0 Å². The highest BCUT2D eigenvalue weighted by atomic mass is 16.2. The second kappa shape index (κ2) is 7.74. The number of amides is 1. The first-order chi connectivity index (χ1) is 8.56. The summed E-state index contributed by atoms with van der Waals surface area (Å²) in [7, 11) is 4.07. The van der Waals surface area contributed by atoms with Crippen LogP contribution in [0, 0.1) is 0 Å². The molecular weight excluding hydrogens is 226 g/mol. The Labute approximate surface area is 112 Å². The number of nitrogens with one attached hydrogen (secondary N) is 1. The molecule has 18 heavy (non-hydrogen) atoms. The van der Waals surface area contributed by atoms with E-state index in [9.17, 15) is 4.79 Å². The van der Waals surface area contributed by atoms with Crippen molar-refractivity contribution in [3.05, 3.63) is 0 Å². The van der Waals surface area contributed by atoms with Gasteiger partial charge in [0.2, 0.25) is 5.91 Å². The maximum Gasteiger partial charge on any atom is 0.239 e. The lowest BCUT2D eigenvalue weighted by Crippen LogP contribution is -2.45. The lowest BCUT2D eigenvalue weighted by atomic mass is 10.00. The number of piperidine rings is 1. The molecule has 4 heteroatoms. The molecule has 1 amide bonds. The second-order valence-corrected chi connectivity index (χ2v) is 5.45. The van der Waals surface area contributed by atoms with Crippen molar-refractivity contribution in [3.63, 3.8) is 0 Å². The molecule has 0 bridgehead atoms. The summed E-state index contributed by atoms with van der Waals surface area (Å²) in [6.45, 7) is 6.88. The fourth-order valence-electron chi connectivity index (χ4n) is 2.55. The molecule has 4 nitrogen and oxygen atoms in total. The molecule has 1 saturated heterocycles. The van der Waals surface area contributed by atoms with E-state index in [0.717, 1.165) is 19.5 Å². The van der Waals surface area contributed by atoms with Crippen LogP contribution in [-0.4, -0.2) is 61.5 Å². The molecule has 2 atom stereocenters. The molecular formula is C14H29N3O. The Morgan fingerprint density at radius 1 is 1.50 bits per heavy atom. The van der Waals surface area contributed by atoms with Gasteiger partial charge in [-0.05, 0) is 53.2 Å². The lowest BCUT2D eigenvalue weighted by molar-refractivity contribution is -0.131. The normalized spacial score (nSPS) is 22.8. The van der Waals surface area contributed by atoms with E-state index in [1.165, 1.54) is 25.8 Å². The number of carbonyl (C=O) groups is 1. The lowest BCUT2D eigenvalue weighted by Gasteiger charge is -2.32. The molecule has 0 aliphatic carbocycles. The van der Waals surface area contributed by atoms with Crippen LogP contribution in [0.15, 0.2) is 0 Å². The van der Waals surface area contributed by atoms with Crippen molar-refractivity contribution in [1.29, 1.82) is 0 Å². The monoisotopic (exact) mass is 255 g/mol. The Hall–Kier alpha value is -0.610. The molecule has 106 valence electrons. The van der Waals surface area contributed by atoms with Crippen LogP contribution >= 0.6 is 0 Å². The minimum Gasteiger partial charge on any atom is -0.345 e. The van der Waals surface area contributed by atoms with Crippen LogP contribution in [0.4, 0.5) is 0 Å². The van der Waals surface area contributed by atoms with Crippen molar-refractivity contribution in [1.82, 2.24) is 15.1 Å². The van der Waals surface area contributed by atoms with Gasteiger partial charge in [-0.15, -0.1) is 0 Å². The fraction of sp³-hybridized carbons (Fsp3) is 0.929. The zero-order valence-corrected chi connectivity index (χ0v) is 12.4. The summed E-state index contributed by atoms with van der Waals surface area (Å²) < 4.78 is 0. The van der Waals surface area contributed by atoms with Gasteiger partial charge in [0.15, 0.2) is 0 Å². The Morgan fingerprint density at radius 2 is 2.22 bits per heavy atom. The molecule has 0 aromatic rings. The molecule has 2 unspecified atom stereocenters. The second-order valence-electron chi connectivity index (χ2n) is 5.45. The number of hydrogen-bond donors (Lipinski definition) is 1. The molecule has 0 aromatic heterocycles. The minimum atomic E-state index is -0.0659. The largest absolute Gasteiger partial charge is 0.345 e. The summed E-state index contributed by atoms with van der Waals surface area (Å²) >= 11 is 0. The van der Waals surface area contributed by atoms with Gasteiger partial charge in [-0.3, -0.25) is 4.79 Å². The first-order valence-corrected chi connectivity index (χ1v) is 7.24. The molecule has 1 N–H and O–H groups in total. The third kappa shape index (κ3) is 4.58. The van der Waals surface area contributed by atoms with E-state index in [0.29, 0.717) is 6.04 Å². The van der Waals surface area contributed by atoms with Crippen LogP contribution in [0.25, 0.3) is 0 Å². The minimum absolute atomic E-state index is 0.0659. The predicted octanol–water partition coefficient (Wildman–Crippen LogP) is 1.32. The molecule has 0 saturated carbocycles. The number of likely N-dealkylation sites (N-methyl/N-ethyl adjacent to an activating group) is 1. The van der Waals surface area contributed by atoms with Crippen LogP contribution in [0.3, 0.4) is 0 Å². The van der Waals surface area contributed by atoms with E-state index in [1.54, 1.807) is 4.90 Å². The summed E-state index contributed by atoms with van der Waals surface area (Å²) in [4.78, 5) is 16.1. The highest BCUT2D eigenvalue weighted by molar-refractivity contribution is 5.81. The molecule has 0 spiro atoms. The van der Waals surface area contributed by atoms with E-state index in [2.05, 4.69) is 17.3 Å². The van der Waals surface area contributed by atoms with Crippen molar-refractivity contribution in [3.8, 4) is 0 Å². The Bertz CT molecular complexity index is 257. The standard InChI is InChI=1S/C14H29N3O/c1-5-16(3)14(18)12(2)15-10-9-13-8-6-7-11-17(13)4/h12-13,15H,5-11H2,1-4H3. The van der Waals surface area contributed by atoms with E-state index in [4.69, 9.17) is 0 Å². The summed E-state index contributed by atoms with van der Waals surface area (Å²) in [5.41, 5.74) is 0. The van der Waals surface area contributed by atoms with E-state index < -0.39 is 0 Å². The summed E-state index contributed by atoms with van der Waals surface area (Å²) in [6.07, 6.45) is 5.12. The quantitative estimate of drug-likeness (QED) is 0.777. The van der Waals surface area contributed by atoms with Gasteiger partial charge in [-0.1, -0.05) is 6.42 Å². The van der Waals surface area contributed by atoms with Gasteiger partial charge in [-0.25, -0.2) is 0 Å². The molecule has 1 fully saturated rings. The number of rotatable bonds is 6. The molecule has 1 rings (SSSR count). The molecule has 0 aromatic carbocycles. The van der Waals surface area contributed by atoms with Crippen molar-refractivity contribution >= 4 is 5.91 Å².